The van der Waals surface area contributed by atoms with Crippen LogP contribution in [0.25, 0.3) is 0 Å². The Labute approximate surface area is 382 Å². The van der Waals surface area contributed by atoms with E-state index in [1.54, 1.807) is 37.5 Å². The fourth-order valence-corrected chi connectivity index (χ4v) is 11.8. The minimum atomic E-state index is -5.08. The monoisotopic (exact) mass is 988 g/mol. The quantitative estimate of drug-likeness (QED) is 0.0835. The highest BCUT2D eigenvalue weighted by Gasteiger charge is 2.76. The number of benzene rings is 1. The third-order valence-electron chi connectivity index (χ3n) is 14.3. The van der Waals surface area contributed by atoms with Crippen molar-refractivity contribution in [3.8, 4) is 0 Å². The lowest BCUT2D eigenvalue weighted by atomic mass is 9.46. The van der Waals surface area contributed by atoms with E-state index in [2.05, 4.69) is 31.9 Å². The number of carbonyl (C=O) groups excluding carboxylic acids is 5. The molecule has 0 unspecified atom stereocenters. The lowest BCUT2D eigenvalue weighted by Gasteiger charge is -2.59. The molecule has 0 radical (unpaired) electrons. The molecule has 0 bridgehead atoms. The topological polar surface area (TPSA) is 289 Å². The molecular formula is C44H54BrN4O15P. The molecule has 10 atom stereocenters. The molecule has 4 fully saturated rings. The molecule has 1 aliphatic heterocycles. The number of anilines is 1. The highest BCUT2D eigenvalue weighted by Crippen LogP contribution is 2.70. The number of carboxylic acids is 1. The first-order chi connectivity index (χ1) is 30.6. The summed E-state index contributed by atoms with van der Waals surface area (Å²) < 4.78 is 31.9. The van der Waals surface area contributed by atoms with Crippen molar-refractivity contribution in [3.05, 3.63) is 76.6 Å². The molecule has 1 aromatic heterocycles. The maximum atomic E-state index is 14.5. The third-order valence-corrected chi connectivity index (χ3v) is 15.2. The number of aliphatic hydroxyl groups is 2. The van der Waals surface area contributed by atoms with Crippen LogP contribution in [0.15, 0.2) is 54.3 Å². The highest BCUT2D eigenvalue weighted by atomic mass is 79.9. The van der Waals surface area contributed by atoms with Crippen molar-refractivity contribution in [2.75, 3.05) is 23.8 Å². The van der Waals surface area contributed by atoms with Crippen LogP contribution in [0.1, 0.15) is 81.0 Å². The SMILES string of the molecule is Cn1cc([C@@H]2O[C@@H]3C[C@H]4[C@@H]5CCC6=CC(=O)C=C[C@]6(C)[C@H]5[C@@H](O)C[C@]4(C)[C@]3(C(=O)COP(=O)(O)O)O2)cc1Cc1ccc(CO)c(NC(=O)[C@H](CCC(=O)O)NC(=O)CNC(=O)CBr)c1. The Kier molecular flexibility index (Phi) is 14.0. The Bertz CT molecular complexity index is 2380. The summed E-state index contributed by atoms with van der Waals surface area (Å²) in [6.07, 6.45) is 5.28. The number of amides is 3. The maximum Gasteiger partial charge on any atom is 0.470 e. The molecule has 65 heavy (non-hydrogen) atoms. The van der Waals surface area contributed by atoms with Gasteiger partial charge in [-0.25, -0.2) is 4.57 Å². The second-order valence-corrected chi connectivity index (χ2v) is 19.9. The number of halogens is 1. The number of aliphatic carboxylic acids is 1. The van der Waals surface area contributed by atoms with Gasteiger partial charge in [0.25, 0.3) is 0 Å². The van der Waals surface area contributed by atoms with Crippen LogP contribution in [0.3, 0.4) is 0 Å². The van der Waals surface area contributed by atoms with Gasteiger partial charge in [-0.3, -0.25) is 33.3 Å². The third kappa shape index (κ3) is 9.47. The van der Waals surface area contributed by atoms with Crippen LogP contribution in [0.5, 0.6) is 0 Å². The van der Waals surface area contributed by atoms with Gasteiger partial charge in [-0.05, 0) is 73.8 Å². The number of ketones is 2. The van der Waals surface area contributed by atoms with Crippen molar-refractivity contribution in [2.45, 2.75) is 95.5 Å². The van der Waals surface area contributed by atoms with Crippen LogP contribution in [0, 0.1) is 28.6 Å². The number of phosphoric acid groups is 1. The number of rotatable bonds is 17. The standard InChI is InChI=1S/C44H54BrN4O15P/c1-42-11-10-28(51)15-26(42)6-7-29-30-16-35-44(34(53)22-62-65(59,60)61,43(30,2)17-33(52)39(29)42)64-41(63-35)25-14-27(49(3)20-25)12-23-4-5-24(21-50)32(13-23)48-40(58)31(8-9-38(56)57)47-37(55)19-46-36(54)18-45/h4-5,10-11,13-15,20,29-31,33,35,39,41,50,52H,6-9,12,16-19,21-22H2,1-3H3,(H,46,54)(H,47,55)(H,48,58)(H,56,57)(H2,59,60,61)/t29-,30-,31-,33-,35+,39+,41+,42-,43-,44+/m0/s1. The van der Waals surface area contributed by atoms with E-state index in [-0.39, 0.29) is 53.8 Å². The van der Waals surface area contributed by atoms with Crippen LogP contribution in [0.2, 0.25) is 0 Å². The average Bonchev–Trinajstić information content (AvgIpc) is 3.89. The summed E-state index contributed by atoms with van der Waals surface area (Å²) >= 11 is 2.98. The van der Waals surface area contributed by atoms with Crippen molar-refractivity contribution >= 4 is 64.7 Å². The van der Waals surface area contributed by atoms with E-state index in [0.717, 1.165) is 11.3 Å². The van der Waals surface area contributed by atoms with Crippen LogP contribution >= 0.6 is 23.8 Å². The van der Waals surface area contributed by atoms with E-state index < -0.39 is 104 Å². The second-order valence-electron chi connectivity index (χ2n) is 18.1. The number of nitrogens with zero attached hydrogens (tertiary/aromatic N) is 1. The molecule has 2 aromatic rings. The number of allylic oxidation sites excluding steroid dienone is 4. The van der Waals surface area contributed by atoms with Gasteiger partial charge >= 0.3 is 13.8 Å². The number of phosphoric ester groups is 1. The van der Waals surface area contributed by atoms with Gasteiger partial charge in [-0.1, -0.05) is 53.6 Å². The van der Waals surface area contributed by atoms with Crippen LogP contribution in [0.4, 0.5) is 5.69 Å². The van der Waals surface area contributed by atoms with Crippen molar-refractivity contribution in [2.24, 2.45) is 35.6 Å². The van der Waals surface area contributed by atoms with E-state index in [4.69, 9.17) is 14.0 Å². The molecule has 2 heterocycles. The van der Waals surface area contributed by atoms with E-state index >= 15 is 0 Å². The molecule has 21 heteroatoms. The first kappa shape index (κ1) is 48.6. The number of hydrogen-bond acceptors (Lipinski definition) is 12. The molecule has 1 aromatic carbocycles. The van der Waals surface area contributed by atoms with Gasteiger partial charge in [0.2, 0.25) is 17.7 Å². The zero-order chi connectivity index (χ0) is 47.2. The smallest absolute Gasteiger partial charge is 0.470 e. The fourth-order valence-electron chi connectivity index (χ4n) is 11.3. The lowest BCUT2D eigenvalue weighted by Crippen LogP contribution is -2.63. The summed E-state index contributed by atoms with van der Waals surface area (Å²) in [5.41, 5.74) is 0.0737. The predicted molar refractivity (Wildman–Crippen MR) is 233 cm³/mol. The normalized spacial score (nSPS) is 30.6. The summed E-state index contributed by atoms with van der Waals surface area (Å²) in [6, 6.07) is 5.53. The summed E-state index contributed by atoms with van der Waals surface area (Å²) in [5.74, 6) is -4.49. The number of aryl methyl sites for hydroxylation is 1. The molecule has 0 spiro atoms. The van der Waals surface area contributed by atoms with Crippen LogP contribution < -0.4 is 16.0 Å². The molecule has 4 aliphatic carbocycles. The molecule has 3 amide bonds. The Hall–Kier alpha value is -4.37. The number of carboxylic acid groups (broad SMARTS) is 1. The van der Waals surface area contributed by atoms with Crippen molar-refractivity contribution in [3.63, 3.8) is 0 Å². The number of alkyl halides is 1. The molecule has 352 valence electrons. The number of fused-ring (bicyclic) bond motifs is 7. The summed E-state index contributed by atoms with van der Waals surface area (Å²) in [5, 5.41) is 39.0. The van der Waals surface area contributed by atoms with E-state index in [1.165, 1.54) is 6.08 Å². The predicted octanol–water partition coefficient (Wildman–Crippen LogP) is 2.63. The molecule has 8 N–H and O–H groups in total. The Morgan fingerprint density at radius 2 is 1.88 bits per heavy atom. The molecular weight excluding hydrogens is 935 g/mol. The van der Waals surface area contributed by atoms with Gasteiger partial charge in [0.05, 0.1) is 30.7 Å². The minimum Gasteiger partial charge on any atom is -0.481 e. The zero-order valence-corrected chi connectivity index (χ0v) is 38.5. The molecule has 5 aliphatic rings. The summed E-state index contributed by atoms with van der Waals surface area (Å²) in [7, 11) is -3.29. The van der Waals surface area contributed by atoms with Gasteiger partial charge in [0.15, 0.2) is 23.5 Å². The first-order valence-corrected chi connectivity index (χ1v) is 24.0. The lowest BCUT2D eigenvalue weighted by molar-refractivity contribution is -0.200. The van der Waals surface area contributed by atoms with Crippen molar-refractivity contribution in [1.29, 1.82) is 0 Å². The Morgan fingerprint density at radius 3 is 2.57 bits per heavy atom. The van der Waals surface area contributed by atoms with Crippen LogP contribution in [-0.2, 0) is 67.4 Å². The van der Waals surface area contributed by atoms with Gasteiger partial charge in [-0.15, -0.1) is 0 Å². The van der Waals surface area contributed by atoms with Gasteiger partial charge < -0.3 is 55.1 Å². The molecule has 19 nitrogen and oxygen atoms in total. The number of hydrogen-bond donors (Lipinski definition) is 8. The second kappa shape index (κ2) is 18.7. The summed E-state index contributed by atoms with van der Waals surface area (Å²) in [4.78, 5) is 95.1. The van der Waals surface area contributed by atoms with E-state index in [9.17, 15) is 58.4 Å². The number of aromatic nitrogens is 1. The average molecular weight is 990 g/mol. The van der Waals surface area contributed by atoms with Crippen molar-refractivity contribution in [1.82, 2.24) is 15.2 Å². The number of ether oxygens (including phenoxy) is 2. The highest BCUT2D eigenvalue weighted by molar-refractivity contribution is 9.09. The van der Waals surface area contributed by atoms with Gasteiger partial charge in [0, 0.05) is 65.3 Å². The summed E-state index contributed by atoms with van der Waals surface area (Å²) in [6.45, 7) is 2.05. The number of Topliss-reactive ketones (excluding diaryl/α,β-unsaturated/α-hetero) is 1. The van der Waals surface area contributed by atoms with E-state index in [0.29, 0.717) is 36.0 Å². The van der Waals surface area contributed by atoms with E-state index in [1.807, 2.05) is 30.6 Å². The number of carbonyl (C=O) groups is 6. The minimum absolute atomic E-state index is 0.0479. The van der Waals surface area contributed by atoms with Gasteiger partial charge in [-0.2, -0.15) is 0 Å². The maximum absolute atomic E-state index is 14.5. The first-order valence-electron chi connectivity index (χ1n) is 21.3. The van der Waals surface area contributed by atoms with Crippen molar-refractivity contribution < 1.29 is 72.4 Å². The largest absolute Gasteiger partial charge is 0.481 e. The molecule has 7 rings (SSSR count). The van der Waals surface area contributed by atoms with Crippen LogP contribution in [-0.4, -0.2) is 107 Å². The Balaban J connectivity index is 1.12. The molecule has 3 saturated carbocycles. The number of nitrogens with one attached hydrogen (secondary N) is 3. The Morgan fingerprint density at radius 1 is 1.12 bits per heavy atom. The molecule has 1 saturated heterocycles. The zero-order valence-electron chi connectivity index (χ0n) is 36.0. The number of aliphatic hydroxyl groups excluding tert-OH is 2. The fraction of sp³-hybridized carbons (Fsp3) is 0.545. The van der Waals surface area contributed by atoms with Gasteiger partial charge in [0.1, 0.15) is 12.6 Å².